The summed E-state index contributed by atoms with van der Waals surface area (Å²) < 4.78 is 5.78. The van der Waals surface area contributed by atoms with E-state index in [0.717, 1.165) is 12.8 Å². The van der Waals surface area contributed by atoms with Crippen molar-refractivity contribution in [1.29, 1.82) is 5.26 Å². The molecule has 0 amide bonds. The third-order valence-corrected chi connectivity index (χ3v) is 3.38. The summed E-state index contributed by atoms with van der Waals surface area (Å²) in [7, 11) is 0. The number of hydrogen-bond acceptors (Lipinski definition) is 2. The molecule has 2 nitrogen and oxygen atoms in total. The van der Waals surface area contributed by atoms with E-state index in [0.29, 0.717) is 29.8 Å². The van der Waals surface area contributed by atoms with E-state index in [1.807, 2.05) is 18.2 Å². The molecule has 0 N–H and O–H groups in total. The van der Waals surface area contributed by atoms with Crippen LogP contribution in [0.2, 0.25) is 0 Å². The Morgan fingerprint density at radius 1 is 1.29 bits per heavy atom. The molecule has 17 heavy (non-hydrogen) atoms. The summed E-state index contributed by atoms with van der Waals surface area (Å²) in [5.74, 6) is 1.93. The number of ether oxygens (including phenoxy) is 1. The van der Waals surface area contributed by atoms with Crippen molar-refractivity contribution in [3.8, 4) is 11.8 Å². The first-order valence-electron chi connectivity index (χ1n) is 6.08. The summed E-state index contributed by atoms with van der Waals surface area (Å²) in [6.45, 7) is 2.96. The molecule has 1 aliphatic carbocycles. The van der Waals surface area contributed by atoms with Crippen LogP contribution in [0.4, 0.5) is 0 Å². The predicted molar refractivity (Wildman–Crippen MR) is 67.7 cm³/mol. The molecular formula is C15H17NO. The van der Waals surface area contributed by atoms with E-state index in [2.05, 4.69) is 25.1 Å². The van der Waals surface area contributed by atoms with Crippen LogP contribution in [0.15, 0.2) is 36.4 Å². The Morgan fingerprint density at radius 3 is 2.82 bits per heavy atom. The highest BCUT2D eigenvalue weighted by molar-refractivity contribution is 5.42. The molecule has 88 valence electrons. The van der Waals surface area contributed by atoms with Crippen LogP contribution in [0.3, 0.4) is 0 Å². The molecule has 0 spiro atoms. The lowest BCUT2D eigenvalue weighted by Gasteiger charge is -2.25. The SMILES string of the molecule is CC1CC=CCC1COc1ccccc1C#N. The lowest BCUT2D eigenvalue weighted by Crippen LogP contribution is -2.21. The average molecular weight is 227 g/mol. The van der Waals surface area contributed by atoms with Gasteiger partial charge in [0.2, 0.25) is 0 Å². The van der Waals surface area contributed by atoms with Gasteiger partial charge in [0.25, 0.3) is 0 Å². The maximum absolute atomic E-state index is 8.97. The standard InChI is InChI=1S/C15H17NO/c1-12-6-2-3-8-14(12)11-17-15-9-5-4-7-13(15)10-16/h2-5,7,9,12,14H,6,8,11H2,1H3. The smallest absolute Gasteiger partial charge is 0.137 e. The van der Waals surface area contributed by atoms with Crippen molar-refractivity contribution in [1.82, 2.24) is 0 Å². The maximum Gasteiger partial charge on any atom is 0.137 e. The number of benzene rings is 1. The molecule has 0 aliphatic heterocycles. The second-order valence-electron chi connectivity index (χ2n) is 4.60. The largest absolute Gasteiger partial charge is 0.492 e. The first kappa shape index (κ1) is 11.7. The lowest BCUT2D eigenvalue weighted by atomic mass is 9.85. The topological polar surface area (TPSA) is 33.0 Å². The lowest BCUT2D eigenvalue weighted by molar-refractivity contribution is 0.198. The number of rotatable bonds is 3. The van der Waals surface area contributed by atoms with Crippen LogP contribution in [0.25, 0.3) is 0 Å². The molecule has 0 saturated heterocycles. The van der Waals surface area contributed by atoms with Crippen LogP contribution >= 0.6 is 0 Å². The minimum Gasteiger partial charge on any atom is -0.492 e. The molecule has 2 heteroatoms. The Morgan fingerprint density at radius 2 is 2.06 bits per heavy atom. The summed E-state index contributed by atoms with van der Waals surface area (Å²) in [5.41, 5.74) is 0.617. The Labute approximate surface area is 103 Å². The number of hydrogen-bond donors (Lipinski definition) is 0. The zero-order valence-electron chi connectivity index (χ0n) is 10.1. The third-order valence-electron chi connectivity index (χ3n) is 3.38. The molecule has 0 aromatic heterocycles. The van der Waals surface area contributed by atoms with Gasteiger partial charge in [0.15, 0.2) is 0 Å². The van der Waals surface area contributed by atoms with Crippen molar-refractivity contribution in [2.24, 2.45) is 11.8 Å². The number of allylic oxidation sites excluding steroid dienone is 2. The molecule has 1 aromatic carbocycles. The van der Waals surface area contributed by atoms with E-state index < -0.39 is 0 Å². The molecule has 2 rings (SSSR count). The van der Waals surface area contributed by atoms with E-state index in [1.54, 1.807) is 6.07 Å². The molecular weight excluding hydrogens is 210 g/mol. The van der Waals surface area contributed by atoms with Gasteiger partial charge in [0.05, 0.1) is 12.2 Å². The summed E-state index contributed by atoms with van der Waals surface area (Å²) in [6.07, 6.45) is 6.68. The summed E-state index contributed by atoms with van der Waals surface area (Å²) >= 11 is 0. The number of para-hydroxylation sites is 1. The first-order chi connectivity index (χ1) is 8.31. The van der Waals surface area contributed by atoms with E-state index in [1.165, 1.54) is 0 Å². The summed E-state index contributed by atoms with van der Waals surface area (Å²) in [5, 5.41) is 8.97. The fourth-order valence-corrected chi connectivity index (χ4v) is 2.12. The summed E-state index contributed by atoms with van der Waals surface area (Å²) in [6, 6.07) is 9.57. The summed E-state index contributed by atoms with van der Waals surface area (Å²) in [4.78, 5) is 0. The molecule has 1 aromatic rings. The van der Waals surface area contributed by atoms with E-state index >= 15 is 0 Å². The quantitative estimate of drug-likeness (QED) is 0.740. The zero-order valence-corrected chi connectivity index (χ0v) is 10.1. The Balaban J connectivity index is 1.98. The van der Waals surface area contributed by atoms with Crippen molar-refractivity contribution in [2.45, 2.75) is 19.8 Å². The predicted octanol–water partition coefficient (Wildman–Crippen LogP) is 3.54. The monoisotopic (exact) mass is 227 g/mol. The Kier molecular flexibility index (Phi) is 3.82. The highest BCUT2D eigenvalue weighted by Crippen LogP contribution is 2.26. The average Bonchev–Trinajstić information content (AvgIpc) is 2.38. The van der Waals surface area contributed by atoms with Crippen molar-refractivity contribution < 1.29 is 4.74 Å². The van der Waals surface area contributed by atoms with Crippen molar-refractivity contribution in [3.05, 3.63) is 42.0 Å². The molecule has 0 saturated carbocycles. The van der Waals surface area contributed by atoms with Crippen LogP contribution < -0.4 is 4.74 Å². The van der Waals surface area contributed by atoms with Crippen molar-refractivity contribution in [3.63, 3.8) is 0 Å². The molecule has 2 atom stereocenters. The highest BCUT2D eigenvalue weighted by atomic mass is 16.5. The fraction of sp³-hybridized carbons (Fsp3) is 0.400. The second-order valence-corrected chi connectivity index (χ2v) is 4.60. The minimum absolute atomic E-state index is 0.562. The molecule has 0 radical (unpaired) electrons. The fourth-order valence-electron chi connectivity index (χ4n) is 2.12. The van der Waals surface area contributed by atoms with Gasteiger partial charge in [-0.25, -0.2) is 0 Å². The van der Waals surface area contributed by atoms with Crippen LogP contribution in [-0.2, 0) is 0 Å². The van der Waals surface area contributed by atoms with Crippen LogP contribution in [0, 0.1) is 23.2 Å². The van der Waals surface area contributed by atoms with Gasteiger partial charge in [0, 0.05) is 0 Å². The maximum atomic E-state index is 8.97. The normalized spacial score (nSPS) is 23.1. The Hall–Kier alpha value is -1.75. The van der Waals surface area contributed by atoms with Gasteiger partial charge in [-0.3, -0.25) is 0 Å². The van der Waals surface area contributed by atoms with Gasteiger partial charge >= 0.3 is 0 Å². The van der Waals surface area contributed by atoms with Gasteiger partial charge in [-0.1, -0.05) is 31.2 Å². The van der Waals surface area contributed by atoms with E-state index in [9.17, 15) is 0 Å². The van der Waals surface area contributed by atoms with Gasteiger partial charge in [-0.2, -0.15) is 5.26 Å². The van der Waals surface area contributed by atoms with Crippen molar-refractivity contribution in [2.75, 3.05) is 6.61 Å². The third kappa shape index (κ3) is 2.88. The number of nitrogens with zero attached hydrogens (tertiary/aromatic N) is 1. The van der Waals surface area contributed by atoms with Crippen LogP contribution in [0.1, 0.15) is 25.3 Å². The van der Waals surface area contributed by atoms with E-state index in [4.69, 9.17) is 10.00 Å². The number of nitriles is 1. The second kappa shape index (κ2) is 5.54. The van der Waals surface area contributed by atoms with Gasteiger partial charge in [-0.15, -0.1) is 0 Å². The highest BCUT2D eigenvalue weighted by Gasteiger charge is 2.19. The van der Waals surface area contributed by atoms with Crippen LogP contribution in [-0.4, -0.2) is 6.61 Å². The van der Waals surface area contributed by atoms with Crippen LogP contribution in [0.5, 0.6) is 5.75 Å². The van der Waals surface area contributed by atoms with E-state index in [-0.39, 0.29) is 0 Å². The Bertz CT molecular complexity index is 444. The van der Waals surface area contributed by atoms with Gasteiger partial charge in [-0.05, 0) is 36.8 Å². The molecule has 0 heterocycles. The molecule has 1 aliphatic rings. The molecule has 0 bridgehead atoms. The zero-order chi connectivity index (χ0) is 12.1. The van der Waals surface area contributed by atoms with Gasteiger partial charge < -0.3 is 4.74 Å². The molecule has 2 unspecified atom stereocenters. The van der Waals surface area contributed by atoms with Gasteiger partial charge in [0.1, 0.15) is 11.8 Å². The first-order valence-corrected chi connectivity index (χ1v) is 6.08. The minimum atomic E-state index is 0.562. The molecule has 0 fully saturated rings. The van der Waals surface area contributed by atoms with Crippen molar-refractivity contribution >= 4 is 0 Å².